The molecule has 1 atom stereocenters. The van der Waals surface area contributed by atoms with Gasteiger partial charge in [-0.25, -0.2) is 13.8 Å². The number of benzene rings is 2. The van der Waals surface area contributed by atoms with Gasteiger partial charge in [0.25, 0.3) is 0 Å². The van der Waals surface area contributed by atoms with Gasteiger partial charge in [0, 0.05) is 29.5 Å². The smallest absolute Gasteiger partial charge is 0.323 e. The normalized spacial score (nSPS) is 13.5. The monoisotopic (exact) mass is 581 g/mol. The van der Waals surface area contributed by atoms with E-state index in [1.165, 1.54) is 18.5 Å². The number of hydrogen-bond acceptors (Lipinski definition) is 8. The number of alkyl halides is 2. The average Bonchev–Trinajstić information content (AvgIpc) is 2.99. The van der Waals surface area contributed by atoms with E-state index >= 15 is 8.78 Å². The van der Waals surface area contributed by atoms with Gasteiger partial charge in [0.05, 0.1) is 19.0 Å². The molecule has 0 radical (unpaired) electrons. The Morgan fingerprint density at radius 3 is 2.43 bits per heavy atom. The summed E-state index contributed by atoms with van der Waals surface area (Å²) in [5.41, 5.74) is -3.55. The van der Waals surface area contributed by atoms with E-state index in [4.69, 9.17) is 15.4 Å². The lowest BCUT2D eigenvalue weighted by atomic mass is 9.84. The van der Waals surface area contributed by atoms with Gasteiger partial charge in [0.1, 0.15) is 36.0 Å². The van der Waals surface area contributed by atoms with Crippen LogP contribution in [0.2, 0.25) is 0 Å². The van der Waals surface area contributed by atoms with Crippen LogP contribution in [-0.2, 0) is 23.0 Å². The number of aromatic nitrogens is 2. The highest BCUT2D eigenvalue weighted by Gasteiger charge is 2.57. The fourth-order valence-electron chi connectivity index (χ4n) is 3.69. The topological polar surface area (TPSA) is 140 Å². The summed E-state index contributed by atoms with van der Waals surface area (Å²) in [6.45, 7) is -0.782. The Labute approximate surface area is 236 Å². The Bertz CT molecular complexity index is 1550. The quantitative estimate of drug-likeness (QED) is 0.0571. The number of ether oxygens (including phenoxy) is 1. The van der Waals surface area contributed by atoms with E-state index in [-0.39, 0.29) is 11.6 Å². The number of nitrogens with zero attached hydrogens (tertiary/aromatic N) is 6. The zero-order valence-corrected chi connectivity index (χ0v) is 21.7. The fraction of sp³-hybridized carbons (Fsp3) is 0.143. The highest BCUT2D eigenvalue weighted by Crippen LogP contribution is 2.46. The molecule has 0 saturated carbocycles. The van der Waals surface area contributed by atoms with E-state index in [9.17, 15) is 13.9 Å². The van der Waals surface area contributed by atoms with Crippen LogP contribution in [0.4, 0.5) is 17.6 Å². The summed E-state index contributed by atoms with van der Waals surface area (Å²) < 4.78 is 65.0. The Hall–Kier alpha value is -5.24. The van der Waals surface area contributed by atoms with E-state index in [2.05, 4.69) is 30.5 Å². The highest BCUT2D eigenvalue weighted by molar-refractivity contribution is 5.78. The van der Waals surface area contributed by atoms with Crippen LogP contribution < -0.4 is 10.6 Å². The van der Waals surface area contributed by atoms with E-state index in [1.54, 1.807) is 6.07 Å². The second kappa shape index (κ2) is 13.4. The zero-order chi connectivity index (χ0) is 30.0. The Morgan fingerprint density at radius 2 is 1.76 bits per heavy atom. The molecule has 3 N–H and O–H groups in total. The molecule has 216 valence electrons. The van der Waals surface area contributed by atoms with Gasteiger partial charge in [-0.05, 0) is 35.9 Å². The average molecular weight is 582 g/mol. The molecular weight excluding hydrogens is 558 g/mol. The first-order chi connectivity index (χ1) is 20.2. The molecule has 0 amide bonds. The third kappa shape index (κ3) is 7.09. The molecule has 10 nitrogen and oxygen atoms in total. The molecular formula is C28H23F4N7O3. The Morgan fingerprint density at radius 1 is 0.952 bits per heavy atom. The van der Waals surface area contributed by atoms with Gasteiger partial charge in [0.2, 0.25) is 5.88 Å². The summed E-state index contributed by atoms with van der Waals surface area (Å²) in [5, 5.41) is 21.0. The molecule has 2 heterocycles. The third-order valence-corrected chi connectivity index (χ3v) is 5.81. The summed E-state index contributed by atoms with van der Waals surface area (Å²) in [7, 11) is 0. The minimum Gasteiger partial charge on any atom is -0.437 e. The standard InChI is InChI=1S/C28H23F4N7O3/c29-21-7-9-23(24(30)12-21)27(40,17-34-18-37-39-33)28(31,32)25-10-8-22(15-35-25)42-26-11-6-20(13-36-26)14-38-41-16-19-4-2-1-3-5-19/h1-15,18,40H,16-17H2,(H2,33,34,37)/b38-14+. The summed E-state index contributed by atoms with van der Waals surface area (Å²) in [6.07, 6.45) is 4.61. The summed E-state index contributed by atoms with van der Waals surface area (Å²) in [5.74, 6) is -1.62. The van der Waals surface area contributed by atoms with Crippen molar-refractivity contribution in [3.8, 4) is 11.6 Å². The first-order valence-electron chi connectivity index (χ1n) is 12.2. The molecule has 2 aromatic heterocycles. The van der Waals surface area contributed by atoms with Crippen LogP contribution in [0.1, 0.15) is 22.4 Å². The Balaban J connectivity index is 1.46. The van der Waals surface area contributed by atoms with Gasteiger partial charge < -0.3 is 20.5 Å². The van der Waals surface area contributed by atoms with E-state index in [1.807, 2.05) is 30.3 Å². The molecule has 0 aliphatic carbocycles. The van der Waals surface area contributed by atoms with Crippen molar-refractivity contribution in [3.63, 3.8) is 0 Å². The van der Waals surface area contributed by atoms with Crippen molar-refractivity contribution in [1.82, 2.24) is 9.97 Å². The fourth-order valence-corrected chi connectivity index (χ4v) is 3.69. The number of halogens is 4. The van der Waals surface area contributed by atoms with Gasteiger partial charge >= 0.3 is 5.92 Å². The maximum absolute atomic E-state index is 15.7. The van der Waals surface area contributed by atoms with Crippen LogP contribution in [0.15, 0.2) is 106 Å². The number of nitrogens with two attached hydrogens (primary N) is 1. The summed E-state index contributed by atoms with van der Waals surface area (Å²) in [4.78, 5) is 16.6. The van der Waals surface area contributed by atoms with E-state index in [0.29, 0.717) is 30.6 Å². The lowest BCUT2D eigenvalue weighted by Crippen LogP contribution is -2.47. The first kappa shape index (κ1) is 29.7. The molecule has 0 aliphatic rings. The van der Waals surface area contributed by atoms with Crippen molar-refractivity contribution in [3.05, 3.63) is 119 Å². The third-order valence-electron chi connectivity index (χ3n) is 5.81. The summed E-state index contributed by atoms with van der Waals surface area (Å²) in [6, 6.07) is 16.5. The van der Waals surface area contributed by atoms with Gasteiger partial charge in [-0.15, -0.1) is 5.11 Å². The number of pyridine rings is 2. The number of aliphatic imine (C=N–C) groups is 1. The predicted octanol–water partition coefficient (Wildman–Crippen LogP) is 5.43. The van der Waals surface area contributed by atoms with Crippen LogP contribution in [0, 0.1) is 11.6 Å². The minimum absolute atomic E-state index is 0.0487. The van der Waals surface area contributed by atoms with Crippen LogP contribution >= 0.6 is 0 Å². The lowest BCUT2D eigenvalue weighted by Gasteiger charge is -2.34. The largest absolute Gasteiger partial charge is 0.437 e. The predicted molar refractivity (Wildman–Crippen MR) is 144 cm³/mol. The van der Waals surface area contributed by atoms with Crippen molar-refractivity contribution in [2.45, 2.75) is 18.1 Å². The molecule has 0 fully saturated rings. The van der Waals surface area contributed by atoms with Crippen molar-refractivity contribution < 1.29 is 32.2 Å². The molecule has 0 aliphatic heterocycles. The maximum atomic E-state index is 15.7. The van der Waals surface area contributed by atoms with Crippen LogP contribution in [0.3, 0.4) is 0 Å². The van der Waals surface area contributed by atoms with Gasteiger partial charge in [-0.3, -0.25) is 9.98 Å². The van der Waals surface area contributed by atoms with Crippen molar-refractivity contribution >= 4 is 12.6 Å². The zero-order valence-electron chi connectivity index (χ0n) is 21.7. The number of rotatable bonds is 12. The second-order valence-corrected chi connectivity index (χ2v) is 8.65. The van der Waals surface area contributed by atoms with Crippen LogP contribution in [0.25, 0.3) is 0 Å². The molecule has 0 bridgehead atoms. The highest BCUT2D eigenvalue weighted by atomic mass is 19.3. The molecule has 0 saturated heterocycles. The molecule has 0 spiro atoms. The number of aliphatic hydroxyl groups is 1. The van der Waals surface area contributed by atoms with E-state index in [0.717, 1.165) is 30.0 Å². The molecule has 2 aromatic carbocycles. The molecule has 4 rings (SSSR count). The Kier molecular flexibility index (Phi) is 9.50. The lowest BCUT2D eigenvalue weighted by molar-refractivity contribution is -0.193. The van der Waals surface area contributed by atoms with Gasteiger partial charge in [-0.1, -0.05) is 40.7 Å². The number of hydrogen-bond donors (Lipinski definition) is 2. The van der Waals surface area contributed by atoms with Gasteiger partial charge in [-0.2, -0.15) is 8.78 Å². The van der Waals surface area contributed by atoms with Crippen molar-refractivity contribution in [2.75, 3.05) is 6.54 Å². The van der Waals surface area contributed by atoms with Gasteiger partial charge in [0.15, 0.2) is 5.60 Å². The minimum atomic E-state index is -4.22. The summed E-state index contributed by atoms with van der Waals surface area (Å²) >= 11 is 0. The SMILES string of the molecule is NN=NC=NCC(O)(c1ccc(F)cc1F)C(F)(F)c1ccc(Oc2ccc(/C=N/OCc3ccccc3)cn2)cn1. The molecule has 14 heteroatoms. The van der Waals surface area contributed by atoms with Crippen LogP contribution in [-0.4, -0.2) is 34.2 Å². The maximum Gasteiger partial charge on any atom is 0.323 e. The van der Waals surface area contributed by atoms with Crippen molar-refractivity contribution in [1.29, 1.82) is 0 Å². The van der Waals surface area contributed by atoms with E-state index < -0.39 is 41.0 Å². The number of oxime groups is 1. The van der Waals surface area contributed by atoms with Crippen LogP contribution in [0.5, 0.6) is 11.6 Å². The molecule has 42 heavy (non-hydrogen) atoms. The molecule has 1 unspecified atom stereocenters. The first-order valence-corrected chi connectivity index (χ1v) is 12.2. The van der Waals surface area contributed by atoms with Crippen molar-refractivity contribution in [2.24, 2.45) is 26.3 Å². The molecule has 4 aromatic rings. The second-order valence-electron chi connectivity index (χ2n) is 8.65.